The number of thiophene rings is 1. The van der Waals surface area contributed by atoms with E-state index in [1.807, 2.05) is 35.5 Å². The zero-order valence-corrected chi connectivity index (χ0v) is 17.2. The number of hydrogen-bond acceptors (Lipinski definition) is 4. The minimum Gasteiger partial charge on any atom is -0.497 e. The smallest absolute Gasteiger partial charge is 0.226 e. The van der Waals surface area contributed by atoms with Crippen molar-refractivity contribution < 1.29 is 9.53 Å². The maximum absolute atomic E-state index is 12.4. The van der Waals surface area contributed by atoms with Crippen molar-refractivity contribution in [1.82, 2.24) is 9.80 Å². The van der Waals surface area contributed by atoms with E-state index in [-0.39, 0.29) is 5.91 Å². The summed E-state index contributed by atoms with van der Waals surface area (Å²) in [7, 11) is 3.65. The van der Waals surface area contributed by atoms with Gasteiger partial charge >= 0.3 is 0 Å². The van der Waals surface area contributed by atoms with E-state index in [9.17, 15) is 4.79 Å². The van der Waals surface area contributed by atoms with Crippen LogP contribution in [0, 0.1) is 5.92 Å². The first-order chi connectivity index (χ1) is 13.1. The van der Waals surface area contributed by atoms with Crippen molar-refractivity contribution in [3.63, 3.8) is 0 Å². The lowest BCUT2D eigenvalue weighted by atomic mass is 9.95. The topological polar surface area (TPSA) is 32.8 Å². The van der Waals surface area contributed by atoms with Crippen molar-refractivity contribution >= 4 is 17.2 Å². The van der Waals surface area contributed by atoms with Gasteiger partial charge in [-0.1, -0.05) is 12.1 Å². The molecule has 0 N–H and O–H groups in total. The van der Waals surface area contributed by atoms with Crippen LogP contribution in [0.25, 0.3) is 0 Å². The van der Waals surface area contributed by atoms with Gasteiger partial charge in [0.2, 0.25) is 5.91 Å². The van der Waals surface area contributed by atoms with Crippen LogP contribution in [-0.2, 0) is 17.6 Å². The van der Waals surface area contributed by atoms with Crippen molar-refractivity contribution in [3.8, 4) is 5.75 Å². The van der Waals surface area contributed by atoms with Gasteiger partial charge in [-0.2, -0.15) is 11.3 Å². The first-order valence-corrected chi connectivity index (χ1v) is 10.7. The Hall–Kier alpha value is -1.85. The highest BCUT2D eigenvalue weighted by atomic mass is 32.1. The second-order valence-corrected chi connectivity index (χ2v) is 8.25. The van der Waals surface area contributed by atoms with Gasteiger partial charge in [0.15, 0.2) is 0 Å². The highest BCUT2D eigenvalue weighted by Gasteiger charge is 2.22. The molecule has 5 heteroatoms. The quantitative estimate of drug-likeness (QED) is 0.693. The van der Waals surface area contributed by atoms with E-state index < -0.39 is 0 Å². The summed E-state index contributed by atoms with van der Waals surface area (Å²) in [5.41, 5.74) is 2.49. The average Bonchev–Trinajstić information content (AvgIpc) is 3.21. The first-order valence-electron chi connectivity index (χ1n) is 9.74. The number of piperidine rings is 1. The summed E-state index contributed by atoms with van der Waals surface area (Å²) in [5, 5.41) is 4.09. The predicted octanol–water partition coefficient (Wildman–Crippen LogP) is 3.71. The summed E-state index contributed by atoms with van der Waals surface area (Å²) in [4.78, 5) is 16.8. The molecule has 4 nitrogen and oxygen atoms in total. The maximum Gasteiger partial charge on any atom is 0.226 e. The molecule has 1 aromatic carbocycles. The molecule has 0 unspecified atom stereocenters. The zero-order valence-electron chi connectivity index (χ0n) is 16.4. The van der Waals surface area contributed by atoms with Crippen LogP contribution in [0.1, 0.15) is 24.0 Å². The minimum absolute atomic E-state index is 0.232. The third-order valence-electron chi connectivity index (χ3n) is 5.48. The number of nitrogens with zero attached hydrogens (tertiary/aromatic N) is 2. The number of rotatable bonds is 8. The minimum atomic E-state index is 0.232. The molecule has 1 aromatic heterocycles. The summed E-state index contributed by atoms with van der Waals surface area (Å²) in [5.74, 6) is 1.77. The van der Waals surface area contributed by atoms with E-state index in [4.69, 9.17) is 4.74 Å². The molecule has 27 heavy (non-hydrogen) atoms. The van der Waals surface area contributed by atoms with Gasteiger partial charge in [-0.05, 0) is 78.4 Å². The fraction of sp³-hybridized carbons (Fsp3) is 0.500. The summed E-state index contributed by atoms with van der Waals surface area (Å²) >= 11 is 1.65. The SMILES string of the molecule is COc1ccc(CCN2CCC(CN(C)C(=O)Cc3ccsc3)CC2)cc1. The van der Waals surface area contributed by atoms with E-state index in [2.05, 4.69) is 22.4 Å². The van der Waals surface area contributed by atoms with E-state index in [1.165, 1.54) is 18.4 Å². The average molecular weight is 387 g/mol. The summed E-state index contributed by atoms with van der Waals surface area (Å²) in [6.45, 7) is 4.25. The molecule has 1 saturated heterocycles. The third kappa shape index (κ3) is 6.08. The number of methoxy groups -OCH3 is 1. The fourth-order valence-electron chi connectivity index (χ4n) is 3.66. The fourth-order valence-corrected chi connectivity index (χ4v) is 4.33. The molecule has 2 aromatic rings. The van der Waals surface area contributed by atoms with Crippen LogP contribution in [0.2, 0.25) is 0 Å². The van der Waals surface area contributed by atoms with Gasteiger partial charge in [-0.25, -0.2) is 0 Å². The molecule has 0 saturated carbocycles. The Morgan fingerprint density at radius 3 is 2.56 bits per heavy atom. The van der Waals surface area contributed by atoms with Crippen LogP contribution in [0.4, 0.5) is 0 Å². The van der Waals surface area contributed by atoms with Gasteiger partial charge in [-0.15, -0.1) is 0 Å². The predicted molar refractivity (Wildman–Crippen MR) is 112 cm³/mol. The van der Waals surface area contributed by atoms with Crippen LogP contribution in [0.3, 0.4) is 0 Å². The van der Waals surface area contributed by atoms with Crippen LogP contribution in [0.5, 0.6) is 5.75 Å². The molecule has 0 radical (unpaired) electrons. The van der Waals surface area contributed by atoms with Gasteiger partial charge in [0.05, 0.1) is 13.5 Å². The van der Waals surface area contributed by atoms with Crippen LogP contribution >= 0.6 is 11.3 Å². The van der Waals surface area contributed by atoms with Crippen molar-refractivity contribution in [2.75, 3.05) is 40.3 Å². The highest BCUT2D eigenvalue weighted by molar-refractivity contribution is 7.08. The zero-order chi connectivity index (χ0) is 19.1. The van der Waals surface area contributed by atoms with Gasteiger partial charge in [-0.3, -0.25) is 4.79 Å². The molecular formula is C22H30N2O2S. The monoisotopic (exact) mass is 386 g/mol. The largest absolute Gasteiger partial charge is 0.497 e. The normalized spacial score (nSPS) is 15.6. The van der Waals surface area contributed by atoms with Crippen LogP contribution in [0.15, 0.2) is 41.1 Å². The second-order valence-electron chi connectivity index (χ2n) is 7.47. The molecule has 0 atom stereocenters. The van der Waals surface area contributed by atoms with E-state index in [0.29, 0.717) is 12.3 Å². The van der Waals surface area contributed by atoms with E-state index in [0.717, 1.165) is 43.9 Å². The third-order valence-corrected chi connectivity index (χ3v) is 6.21. The molecule has 1 aliphatic heterocycles. The first kappa shape index (κ1) is 19.9. The van der Waals surface area contributed by atoms with Crippen LogP contribution in [-0.4, -0.2) is 56.0 Å². The molecule has 2 heterocycles. The lowest BCUT2D eigenvalue weighted by Crippen LogP contribution is -2.40. The number of likely N-dealkylation sites (N-methyl/N-ethyl adjacent to an activating group) is 1. The molecule has 3 rings (SSSR count). The maximum atomic E-state index is 12.4. The highest BCUT2D eigenvalue weighted by Crippen LogP contribution is 2.19. The molecule has 1 aliphatic rings. The van der Waals surface area contributed by atoms with Crippen molar-refractivity contribution in [2.24, 2.45) is 5.92 Å². The van der Waals surface area contributed by atoms with Crippen LogP contribution < -0.4 is 4.74 Å². The Bertz CT molecular complexity index is 692. The van der Waals surface area contributed by atoms with Gasteiger partial charge in [0.25, 0.3) is 0 Å². The molecule has 1 fully saturated rings. The number of hydrogen-bond donors (Lipinski definition) is 0. The molecule has 1 amide bonds. The number of carbonyl (C=O) groups is 1. The van der Waals surface area contributed by atoms with Crippen molar-refractivity contribution in [3.05, 3.63) is 52.2 Å². The van der Waals surface area contributed by atoms with Crippen molar-refractivity contribution in [1.29, 1.82) is 0 Å². The molecule has 0 aliphatic carbocycles. The number of amides is 1. The number of benzene rings is 1. The summed E-state index contributed by atoms with van der Waals surface area (Å²) in [6.07, 6.45) is 3.96. The molecule has 0 bridgehead atoms. The molecule has 146 valence electrons. The lowest BCUT2D eigenvalue weighted by Gasteiger charge is -2.34. The number of carbonyl (C=O) groups excluding carboxylic acids is 1. The Balaban J connectivity index is 1.36. The van der Waals surface area contributed by atoms with E-state index >= 15 is 0 Å². The number of likely N-dealkylation sites (tertiary alicyclic amines) is 1. The Morgan fingerprint density at radius 2 is 1.93 bits per heavy atom. The van der Waals surface area contributed by atoms with Gasteiger partial charge in [0, 0.05) is 20.1 Å². The Kier molecular flexibility index (Phi) is 7.30. The number of ether oxygens (including phenoxy) is 1. The second kappa shape index (κ2) is 9.90. The summed E-state index contributed by atoms with van der Waals surface area (Å²) in [6, 6.07) is 10.4. The van der Waals surface area contributed by atoms with Gasteiger partial charge < -0.3 is 14.5 Å². The molecule has 0 spiro atoms. The Morgan fingerprint density at radius 1 is 1.19 bits per heavy atom. The van der Waals surface area contributed by atoms with Gasteiger partial charge in [0.1, 0.15) is 5.75 Å². The summed E-state index contributed by atoms with van der Waals surface area (Å²) < 4.78 is 5.22. The molecular weight excluding hydrogens is 356 g/mol. The lowest BCUT2D eigenvalue weighted by molar-refractivity contribution is -0.129. The standard InChI is InChI=1S/C22H30N2O2S/c1-23(22(25)15-20-10-14-27-17-20)16-19-8-12-24(13-9-19)11-7-18-3-5-21(26-2)6-4-18/h3-6,10,14,17,19H,7-9,11-13,15-16H2,1-2H3. The Labute approximate surface area is 166 Å². The van der Waals surface area contributed by atoms with E-state index in [1.54, 1.807) is 18.4 Å². The van der Waals surface area contributed by atoms with Crippen molar-refractivity contribution in [2.45, 2.75) is 25.7 Å².